The summed E-state index contributed by atoms with van der Waals surface area (Å²) in [6, 6.07) is 21.8. The Bertz CT molecular complexity index is 1460. The standard InChI is InChI=1S/C35H42N2O3S/c1-25-20-26(7-8-28(25)23-37-17-5-6-29(37)24-39-2)21-33-32-14-11-30(38)22-34(32)41-35(33)27-9-12-31(13-10-27)40-19-18-36-15-3-4-16-36/h7-14,20,22,29,38H,3-6,15-19,21,23-24H2,1-2H3/t29-/m0/s1. The maximum atomic E-state index is 10.2. The van der Waals surface area contributed by atoms with Crippen LogP contribution in [0.2, 0.25) is 0 Å². The molecule has 41 heavy (non-hydrogen) atoms. The number of ether oxygens (including phenoxy) is 2. The number of hydrogen-bond donors (Lipinski definition) is 1. The van der Waals surface area contributed by atoms with E-state index in [2.05, 4.69) is 65.3 Å². The number of thiophene rings is 1. The van der Waals surface area contributed by atoms with E-state index >= 15 is 0 Å². The highest BCUT2D eigenvalue weighted by atomic mass is 32.1. The molecule has 6 heteroatoms. The number of phenols is 1. The van der Waals surface area contributed by atoms with Crippen LogP contribution in [-0.2, 0) is 17.7 Å². The molecule has 3 heterocycles. The van der Waals surface area contributed by atoms with Gasteiger partial charge in [-0.15, -0.1) is 11.3 Å². The first kappa shape index (κ1) is 28.2. The summed E-state index contributed by atoms with van der Waals surface area (Å²) < 4.78 is 12.7. The van der Waals surface area contributed by atoms with Crippen molar-refractivity contribution in [1.82, 2.24) is 9.80 Å². The van der Waals surface area contributed by atoms with Crippen molar-refractivity contribution in [1.29, 1.82) is 0 Å². The second kappa shape index (κ2) is 13.0. The minimum absolute atomic E-state index is 0.312. The van der Waals surface area contributed by atoms with Crippen LogP contribution in [0.5, 0.6) is 11.5 Å². The van der Waals surface area contributed by atoms with Crippen molar-refractivity contribution in [3.05, 3.63) is 82.9 Å². The molecule has 216 valence electrons. The van der Waals surface area contributed by atoms with Crippen molar-refractivity contribution in [2.45, 2.75) is 51.6 Å². The van der Waals surface area contributed by atoms with Crippen LogP contribution >= 0.6 is 11.3 Å². The molecule has 0 bridgehead atoms. The molecule has 1 atom stereocenters. The third-order valence-corrected chi connectivity index (χ3v) is 10.0. The second-order valence-corrected chi connectivity index (χ2v) is 12.7. The molecular formula is C35H42N2O3S. The topological polar surface area (TPSA) is 45.2 Å². The van der Waals surface area contributed by atoms with E-state index in [1.165, 1.54) is 76.9 Å². The number of likely N-dealkylation sites (tertiary alicyclic amines) is 2. The first-order chi connectivity index (χ1) is 20.1. The molecule has 0 aliphatic carbocycles. The average molecular weight is 571 g/mol. The molecule has 2 aliphatic heterocycles. The first-order valence-corrected chi connectivity index (χ1v) is 15.9. The fraction of sp³-hybridized carbons (Fsp3) is 0.429. The molecule has 2 saturated heterocycles. The second-order valence-electron chi connectivity index (χ2n) is 11.7. The predicted molar refractivity (Wildman–Crippen MR) is 169 cm³/mol. The van der Waals surface area contributed by atoms with Gasteiger partial charge in [-0.05, 0) is 134 Å². The van der Waals surface area contributed by atoms with Crippen LogP contribution in [0.3, 0.4) is 0 Å². The van der Waals surface area contributed by atoms with E-state index in [0.717, 1.165) is 49.7 Å². The van der Waals surface area contributed by atoms with Gasteiger partial charge in [-0.1, -0.05) is 18.2 Å². The Morgan fingerprint density at radius 3 is 2.56 bits per heavy atom. The third kappa shape index (κ3) is 6.62. The van der Waals surface area contributed by atoms with E-state index < -0.39 is 0 Å². The van der Waals surface area contributed by atoms with Crippen molar-refractivity contribution in [3.8, 4) is 21.9 Å². The monoisotopic (exact) mass is 570 g/mol. The Morgan fingerprint density at radius 1 is 0.951 bits per heavy atom. The van der Waals surface area contributed by atoms with Crippen LogP contribution in [0.15, 0.2) is 60.7 Å². The fourth-order valence-electron chi connectivity index (χ4n) is 6.50. The highest BCUT2D eigenvalue weighted by molar-refractivity contribution is 7.22. The molecule has 2 aliphatic rings. The van der Waals surface area contributed by atoms with E-state index in [9.17, 15) is 5.11 Å². The van der Waals surface area contributed by atoms with Gasteiger partial charge in [-0.2, -0.15) is 0 Å². The normalized spacial score (nSPS) is 18.0. The van der Waals surface area contributed by atoms with Gasteiger partial charge in [0.15, 0.2) is 0 Å². The summed E-state index contributed by atoms with van der Waals surface area (Å²) >= 11 is 1.76. The summed E-state index contributed by atoms with van der Waals surface area (Å²) in [7, 11) is 1.80. The Hall–Kier alpha value is -2.90. The Kier molecular flexibility index (Phi) is 8.92. The SMILES string of the molecule is COC[C@@H]1CCCN1Cc1ccc(Cc2c(-c3ccc(OCCN4CCCC4)cc3)sc3cc(O)ccc23)cc1C. The molecular weight excluding hydrogens is 528 g/mol. The van der Waals surface area contributed by atoms with Gasteiger partial charge >= 0.3 is 0 Å². The minimum atomic E-state index is 0.312. The summed E-state index contributed by atoms with van der Waals surface area (Å²) in [4.78, 5) is 6.31. The van der Waals surface area contributed by atoms with E-state index in [1.807, 2.05) is 6.07 Å². The van der Waals surface area contributed by atoms with Crippen molar-refractivity contribution >= 4 is 21.4 Å². The lowest BCUT2D eigenvalue weighted by Gasteiger charge is -2.24. The molecule has 0 unspecified atom stereocenters. The Morgan fingerprint density at radius 2 is 1.78 bits per heavy atom. The van der Waals surface area contributed by atoms with Crippen LogP contribution in [0.25, 0.3) is 20.5 Å². The number of rotatable bonds is 11. The zero-order chi connectivity index (χ0) is 28.2. The molecule has 1 aromatic heterocycles. The van der Waals surface area contributed by atoms with Crippen LogP contribution in [0.1, 0.15) is 47.9 Å². The third-order valence-electron chi connectivity index (χ3n) is 8.79. The number of phenolic OH excluding ortho intramolecular Hbond substituents is 1. The molecule has 5 nitrogen and oxygen atoms in total. The largest absolute Gasteiger partial charge is 0.508 e. The molecule has 6 rings (SSSR count). The van der Waals surface area contributed by atoms with Gasteiger partial charge in [0.1, 0.15) is 18.1 Å². The van der Waals surface area contributed by atoms with E-state index in [0.29, 0.717) is 11.8 Å². The van der Waals surface area contributed by atoms with Crippen molar-refractivity contribution in [2.24, 2.45) is 0 Å². The molecule has 0 radical (unpaired) electrons. The molecule has 0 spiro atoms. The number of hydrogen-bond acceptors (Lipinski definition) is 6. The maximum Gasteiger partial charge on any atom is 0.119 e. The lowest BCUT2D eigenvalue weighted by molar-refractivity contribution is 0.112. The zero-order valence-electron chi connectivity index (χ0n) is 24.4. The first-order valence-electron chi connectivity index (χ1n) is 15.1. The molecule has 2 fully saturated rings. The van der Waals surface area contributed by atoms with Gasteiger partial charge in [0, 0.05) is 35.8 Å². The maximum absolute atomic E-state index is 10.2. The summed E-state index contributed by atoms with van der Waals surface area (Å²) in [5.74, 6) is 1.23. The number of aryl methyl sites for hydroxylation is 1. The molecule has 3 aromatic carbocycles. The van der Waals surface area contributed by atoms with Crippen molar-refractivity contribution in [3.63, 3.8) is 0 Å². The van der Waals surface area contributed by atoms with E-state index in [4.69, 9.17) is 9.47 Å². The highest BCUT2D eigenvalue weighted by Crippen LogP contribution is 2.41. The van der Waals surface area contributed by atoms with Gasteiger partial charge < -0.3 is 14.6 Å². The quantitative estimate of drug-likeness (QED) is 0.206. The fourth-order valence-corrected chi connectivity index (χ4v) is 7.76. The zero-order valence-corrected chi connectivity index (χ0v) is 25.2. The summed E-state index contributed by atoms with van der Waals surface area (Å²) in [6.07, 6.45) is 5.94. The lowest BCUT2D eigenvalue weighted by Crippen LogP contribution is -2.32. The summed E-state index contributed by atoms with van der Waals surface area (Å²) in [5.41, 5.74) is 6.58. The van der Waals surface area contributed by atoms with Crippen molar-refractivity contribution < 1.29 is 14.6 Å². The molecule has 4 aromatic rings. The van der Waals surface area contributed by atoms with Gasteiger partial charge in [0.2, 0.25) is 0 Å². The number of aromatic hydroxyl groups is 1. The summed E-state index contributed by atoms with van der Waals surface area (Å²) in [6.45, 7) is 9.31. The van der Waals surface area contributed by atoms with Crippen LogP contribution in [-0.4, -0.2) is 67.5 Å². The van der Waals surface area contributed by atoms with E-state index in [-0.39, 0.29) is 0 Å². The number of nitrogens with zero attached hydrogens (tertiary/aromatic N) is 2. The number of fused-ring (bicyclic) bond motifs is 1. The number of benzene rings is 3. The average Bonchev–Trinajstić information content (AvgIpc) is 3.72. The van der Waals surface area contributed by atoms with Gasteiger partial charge in [-0.25, -0.2) is 0 Å². The Labute approximate surface area is 248 Å². The smallest absolute Gasteiger partial charge is 0.119 e. The van der Waals surface area contributed by atoms with Crippen molar-refractivity contribution in [2.75, 3.05) is 46.5 Å². The molecule has 1 N–H and O–H groups in total. The lowest BCUT2D eigenvalue weighted by atomic mass is 9.96. The van der Waals surface area contributed by atoms with Crippen LogP contribution < -0.4 is 4.74 Å². The Balaban J connectivity index is 1.21. The van der Waals surface area contributed by atoms with Gasteiger partial charge in [0.25, 0.3) is 0 Å². The summed E-state index contributed by atoms with van der Waals surface area (Å²) in [5, 5.41) is 11.4. The van der Waals surface area contributed by atoms with Crippen LogP contribution in [0.4, 0.5) is 0 Å². The van der Waals surface area contributed by atoms with Gasteiger partial charge in [0.05, 0.1) is 6.61 Å². The molecule has 0 saturated carbocycles. The highest BCUT2D eigenvalue weighted by Gasteiger charge is 2.25. The predicted octanol–water partition coefficient (Wildman–Crippen LogP) is 7.26. The van der Waals surface area contributed by atoms with Crippen LogP contribution in [0, 0.1) is 6.92 Å². The van der Waals surface area contributed by atoms with E-state index in [1.54, 1.807) is 24.5 Å². The minimum Gasteiger partial charge on any atom is -0.508 e. The molecule has 0 amide bonds. The van der Waals surface area contributed by atoms with Gasteiger partial charge in [-0.3, -0.25) is 9.80 Å². The number of methoxy groups -OCH3 is 1.